The molecule has 0 saturated carbocycles. The van der Waals surface area contributed by atoms with Gasteiger partial charge >= 0.3 is 6.18 Å². The molecule has 0 bridgehead atoms. The number of amides is 2. The van der Waals surface area contributed by atoms with E-state index in [-0.39, 0.29) is 17.5 Å². The highest BCUT2D eigenvalue weighted by atomic mass is 19.4. The summed E-state index contributed by atoms with van der Waals surface area (Å²) in [7, 11) is 1.65. The zero-order chi connectivity index (χ0) is 15.6. The molecule has 1 atom stereocenters. The van der Waals surface area contributed by atoms with Crippen LogP contribution in [0.5, 0.6) is 0 Å². The third kappa shape index (κ3) is 3.74. The van der Waals surface area contributed by atoms with E-state index in [9.17, 15) is 22.8 Å². The van der Waals surface area contributed by atoms with Gasteiger partial charge in [-0.2, -0.15) is 13.2 Å². The zero-order valence-corrected chi connectivity index (χ0v) is 11.4. The van der Waals surface area contributed by atoms with Gasteiger partial charge in [0.2, 0.25) is 5.91 Å². The summed E-state index contributed by atoms with van der Waals surface area (Å²) in [6.07, 6.45) is -3.52. The van der Waals surface area contributed by atoms with Crippen molar-refractivity contribution in [2.24, 2.45) is 0 Å². The maximum absolute atomic E-state index is 12.4. The summed E-state index contributed by atoms with van der Waals surface area (Å²) >= 11 is 0. The Morgan fingerprint density at radius 2 is 1.90 bits per heavy atom. The van der Waals surface area contributed by atoms with E-state index in [4.69, 9.17) is 0 Å². The van der Waals surface area contributed by atoms with Gasteiger partial charge in [0, 0.05) is 31.6 Å². The lowest BCUT2D eigenvalue weighted by Gasteiger charge is -2.30. The molecule has 1 N–H and O–H groups in total. The van der Waals surface area contributed by atoms with Crippen molar-refractivity contribution in [1.29, 1.82) is 0 Å². The van der Waals surface area contributed by atoms with Gasteiger partial charge in [-0.05, 0) is 30.7 Å². The molecule has 7 heteroatoms. The van der Waals surface area contributed by atoms with Crippen molar-refractivity contribution in [3.05, 3.63) is 35.4 Å². The van der Waals surface area contributed by atoms with Crippen LogP contribution in [-0.2, 0) is 11.0 Å². The minimum Gasteiger partial charge on any atom is -0.348 e. The molecule has 114 valence electrons. The number of likely N-dealkylation sites (tertiary alicyclic amines) is 1. The van der Waals surface area contributed by atoms with Crippen LogP contribution in [0, 0.1) is 0 Å². The number of alkyl halides is 3. The molecule has 1 heterocycles. The van der Waals surface area contributed by atoms with Gasteiger partial charge in [0.1, 0.15) is 0 Å². The number of piperidine rings is 1. The quantitative estimate of drug-likeness (QED) is 0.909. The fraction of sp³-hybridized carbons (Fsp3) is 0.429. The zero-order valence-electron chi connectivity index (χ0n) is 11.4. The Bertz CT molecular complexity index is 540. The van der Waals surface area contributed by atoms with Gasteiger partial charge in [0.15, 0.2) is 0 Å². The molecule has 1 unspecified atom stereocenters. The molecule has 1 fully saturated rings. The lowest BCUT2D eigenvalue weighted by molar-refractivity contribution is -0.137. The van der Waals surface area contributed by atoms with Crippen LogP contribution < -0.4 is 5.32 Å². The average molecular weight is 300 g/mol. The van der Waals surface area contributed by atoms with Crippen molar-refractivity contribution in [3.63, 3.8) is 0 Å². The number of halogens is 3. The van der Waals surface area contributed by atoms with Crippen molar-refractivity contribution in [1.82, 2.24) is 10.2 Å². The maximum atomic E-state index is 12.4. The summed E-state index contributed by atoms with van der Waals surface area (Å²) in [5, 5.41) is 2.73. The molecule has 2 rings (SSSR count). The summed E-state index contributed by atoms with van der Waals surface area (Å²) in [4.78, 5) is 24.8. The summed E-state index contributed by atoms with van der Waals surface area (Å²) in [6.45, 7) is 0.408. The topological polar surface area (TPSA) is 49.4 Å². The molecule has 0 aromatic heterocycles. The van der Waals surface area contributed by atoms with Crippen LogP contribution in [0.3, 0.4) is 0 Å². The molecule has 2 amide bonds. The van der Waals surface area contributed by atoms with Crippen molar-refractivity contribution in [2.45, 2.75) is 25.1 Å². The summed E-state index contributed by atoms with van der Waals surface area (Å²) in [5.74, 6) is -0.411. The van der Waals surface area contributed by atoms with Crippen molar-refractivity contribution >= 4 is 11.8 Å². The van der Waals surface area contributed by atoms with Gasteiger partial charge in [0.05, 0.1) is 5.56 Å². The van der Waals surface area contributed by atoms with Gasteiger partial charge in [-0.25, -0.2) is 0 Å². The molecule has 0 radical (unpaired) electrons. The van der Waals surface area contributed by atoms with Crippen LogP contribution in [0.2, 0.25) is 0 Å². The number of hydrogen-bond donors (Lipinski definition) is 1. The molecule has 1 aliphatic rings. The average Bonchev–Trinajstić information content (AvgIpc) is 2.42. The fourth-order valence-corrected chi connectivity index (χ4v) is 2.21. The number of nitrogens with one attached hydrogen (secondary N) is 1. The molecule has 1 aliphatic heterocycles. The molecule has 1 aromatic carbocycles. The molecule has 1 aromatic rings. The first-order valence-corrected chi connectivity index (χ1v) is 6.49. The van der Waals surface area contributed by atoms with Crippen LogP contribution in [0.1, 0.15) is 28.8 Å². The van der Waals surface area contributed by atoms with Crippen LogP contribution in [0.25, 0.3) is 0 Å². The Hall–Kier alpha value is -2.05. The second kappa shape index (κ2) is 5.75. The van der Waals surface area contributed by atoms with Crippen LogP contribution in [-0.4, -0.2) is 36.3 Å². The van der Waals surface area contributed by atoms with Gasteiger partial charge in [0.25, 0.3) is 5.91 Å². The fourth-order valence-electron chi connectivity index (χ4n) is 2.21. The first-order valence-electron chi connectivity index (χ1n) is 6.49. The molecular weight excluding hydrogens is 285 g/mol. The SMILES string of the molecule is CN1CC(NC(=O)c2ccc(C(F)(F)F)cc2)CCC1=O. The van der Waals surface area contributed by atoms with Crippen molar-refractivity contribution < 1.29 is 22.8 Å². The highest BCUT2D eigenvalue weighted by Crippen LogP contribution is 2.29. The summed E-state index contributed by atoms with van der Waals surface area (Å²) in [5.41, 5.74) is -0.621. The van der Waals surface area contributed by atoms with Gasteiger partial charge in [-0.15, -0.1) is 0 Å². The molecule has 0 spiro atoms. The summed E-state index contributed by atoms with van der Waals surface area (Å²) < 4.78 is 37.3. The molecule has 4 nitrogen and oxygen atoms in total. The summed E-state index contributed by atoms with van der Waals surface area (Å²) in [6, 6.07) is 3.88. The first kappa shape index (κ1) is 15.3. The second-order valence-corrected chi connectivity index (χ2v) is 5.06. The van der Waals surface area contributed by atoms with E-state index in [0.29, 0.717) is 19.4 Å². The third-order valence-corrected chi connectivity index (χ3v) is 3.44. The number of rotatable bonds is 2. The highest BCUT2D eigenvalue weighted by Gasteiger charge is 2.30. The van der Waals surface area contributed by atoms with E-state index in [1.54, 1.807) is 7.05 Å². The monoisotopic (exact) mass is 300 g/mol. The van der Waals surface area contributed by atoms with E-state index in [1.807, 2.05) is 0 Å². The van der Waals surface area contributed by atoms with E-state index in [2.05, 4.69) is 5.32 Å². The Morgan fingerprint density at radius 1 is 1.29 bits per heavy atom. The molecule has 0 aliphatic carbocycles. The van der Waals surface area contributed by atoms with Crippen LogP contribution >= 0.6 is 0 Å². The smallest absolute Gasteiger partial charge is 0.348 e. The maximum Gasteiger partial charge on any atom is 0.416 e. The van der Waals surface area contributed by atoms with E-state index in [0.717, 1.165) is 24.3 Å². The predicted molar refractivity (Wildman–Crippen MR) is 69.6 cm³/mol. The Labute approximate surface area is 119 Å². The number of benzene rings is 1. The minimum atomic E-state index is -4.42. The molecule has 21 heavy (non-hydrogen) atoms. The third-order valence-electron chi connectivity index (χ3n) is 3.44. The van der Waals surface area contributed by atoms with Gasteiger partial charge in [-0.3, -0.25) is 9.59 Å². The van der Waals surface area contributed by atoms with Crippen molar-refractivity contribution in [2.75, 3.05) is 13.6 Å². The Morgan fingerprint density at radius 3 is 2.43 bits per heavy atom. The molecular formula is C14H15F3N2O2. The second-order valence-electron chi connectivity index (χ2n) is 5.06. The van der Waals surface area contributed by atoms with Crippen LogP contribution in [0.15, 0.2) is 24.3 Å². The molecule has 1 saturated heterocycles. The Balaban J connectivity index is 1.99. The first-order chi connectivity index (χ1) is 9.77. The lowest BCUT2D eigenvalue weighted by atomic mass is 10.0. The van der Waals surface area contributed by atoms with E-state index < -0.39 is 17.6 Å². The number of nitrogens with zero attached hydrogens (tertiary/aromatic N) is 1. The predicted octanol–water partition coefficient (Wildman–Crippen LogP) is 2.06. The van der Waals surface area contributed by atoms with Gasteiger partial charge < -0.3 is 10.2 Å². The van der Waals surface area contributed by atoms with Crippen LogP contribution in [0.4, 0.5) is 13.2 Å². The largest absolute Gasteiger partial charge is 0.416 e. The minimum absolute atomic E-state index is 0.0232. The van der Waals surface area contributed by atoms with E-state index in [1.165, 1.54) is 4.90 Å². The lowest BCUT2D eigenvalue weighted by Crippen LogP contribution is -2.48. The standard InChI is InChI=1S/C14H15F3N2O2/c1-19-8-11(6-7-12(19)20)18-13(21)9-2-4-10(5-3-9)14(15,16)17/h2-5,11H,6-8H2,1H3,(H,18,21). The van der Waals surface area contributed by atoms with Gasteiger partial charge in [-0.1, -0.05) is 0 Å². The number of likely N-dealkylation sites (N-methyl/N-ethyl adjacent to an activating group) is 1. The van der Waals surface area contributed by atoms with E-state index >= 15 is 0 Å². The number of carbonyl (C=O) groups is 2. The van der Waals surface area contributed by atoms with Crippen molar-refractivity contribution in [3.8, 4) is 0 Å². The Kier molecular flexibility index (Phi) is 4.20. The number of hydrogen-bond acceptors (Lipinski definition) is 2. The number of carbonyl (C=O) groups excluding carboxylic acids is 2. The normalized spacial score (nSPS) is 19.5. The highest BCUT2D eigenvalue weighted by molar-refractivity contribution is 5.94.